The maximum atomic E-state index is 12.9. The van der Waals surface area contributed by atoms with Crippen molar-refractivity contribution in [1.82, 2.24) is 0 Å². The average molecular weight is 1100 g/mol. The molecule has 0 saturated heterocycles. The van der Waals surface area contributed by atoms with E-state index < -0.39 is 6.10 Å². The van der Waals surface area contributed by atoms with Crippen LogP contribution in [0, 0.1) is 0 Å². The second kappa shape index (κ2) is 66.8. The van der Waals surface area contributed by atoms with Gasteiger partial charge in [0.25, 0.3) is 0 Å². The van der Waals surface area contributed by atoms with Gasteiger partial charge in [-0.15, -0.1) is 0 Å². The molecular formula is C73H126O6. The lowest BCUT2D eigenvalue weighted by atomic mass is 10.1. The van der Waals surface area contributed by atoms with E-state index in [1.165, 1.54) is 180 Å². The van der Waals surface area contributed by atoms with Crippen LogP contribution in [0.3, 0.4) is 0 Å². The van der Waals surface area contributed by atoms with Gasteiger partial charge in [0.15, 0.2) is 6.10 Å². The van der Waals surface area contributed by atoms with Crippen molar-refractivity contribution >= 4 is 17.9 Å². The van der Waals surface area contributed by atoms with Crippen LogP contribution in [0.15, 0.2) is 97.2 Å². The minimum absolute atomic E-state index is 0.0837. The largest absolute Gasteiger partial charge is 0.462 e. The summed E-state index contributed by atoms with van der Waals surface area (Å²) < 4.78 is 16.9. The fraction of sp³-hybridized carbons (Fsp3) is 0.740. The minimum atomic E-state index is -0.787. The predicted molar refractivity (Wildman–Crippen MR) is 344 cm³/mol. The zero-order valence-electron chi connectivity index (χ0n) is 52.1. The zero-order chi connectivity index (χ0) is 57.1. The fourth-order valence-corrected chi connectivity index (χ4v) is 9.50. The van der Waals surface area contributed by atoms with Gasteiger partial charge in [-0.25, -0.2) is 0 Å². The molecule has 0 heterocycles. The normalized spacial score (nSPS) is 12.7. The van der Waals surface area contributed by atoms with Crippen LogP contribution in [0.4, 0.5) is 0 Å². The molecule has 0 radical (unpaired) electrons. The summed E-state index contributed by atoms with van der Waals surface area (Å²) in [6, 6.07) is 0. The number of rotatable bonds is 61. The van der Waals surface area contributed by atoms with Gasteiger partial charge >= 0.3 is 17.9 Å². The van der Waals surface area contributed by atoms with Crippen LogP contribution in [0.2, 0.25) is 0 Å². The maximum Gasteiger partial charge on any atom is 0.306 e. The van der Waals surface area contributed by atoms with Crippen molar-refractivity contribution in [3.8, 4) is 0 Å². The van der Waals surface area contributed by atoms with E-state index in [9.17, 15) is 14.4 Å². The average Bonchev–Trinajstić information content (AvgIpc) is 3.45. The van der Waals surface area contributed by atoms with E-state index in [1.54, 1.807) is 0 Å². The van der Waals surface area contributed by atoms with Crippen LogP contribution in [-0.4, -0.2) is 37.2 Å². The molecule has 1 atom stereocenters. The first-order chi connectivity index (χ1) is 39.0. The van der Waals surface area contributed by atoms with Crippen LogP contribution < -0.4 is 0 Å². The number of allylic oxidation sites excluding steroid dienone is 16. The van der Waals surface area contributed by atoms with Gasteiger partial charge in [0.05, 0.1) is 0 Å². The van der Waals surface area contributed by atoms with Crippen molar-refractivity contribution in [2.45, 2.75) is 335 Å². The van der Waals surface area contributed by atoms with E-state index in [1.807, 2.05) is 0 Å². The molecule has 0 aromatic heterocycles. The lowest BCUT2D eigenvalue weighted by Crippen LogP contribution is -2.30. The Morgan fingerprint density at radius 3 is 0.797 bits per heavy atom. The Morgan fingerprint density at radius 1 is 0.266 bits per heavy atom. The molecular weight excluding hydrogens is 973 g/mol. The summed E-state index contributed by atoms with van der Waals surface area (Å²) in [5.74, 6) is -0.890. The summed E-state index contributed by atoms with van der Waals surface area (Å²) in [5.41, 5.74) is 0. The Balaban J connectivity index is 4.33. The molecule has 0 aliphatic rings. The third kappa shape index (κ3) is 65.0. The summed E-state index contributed by atoms with van der Waals surface area (Å²) in [4.78, 5) is 38.4. The lowest BCUT2D eigenvalue weighted by Gasteiger charge is -2.18. The van der Waals surface area contributed by atoms with Gasteiger partial charge in [-0.1, -0.05) is 285 Å². The molecule has 0 aliphatic heterocycles. The van der Waals surface area contributed by atoms with E-state index >= 15 is 0 Å². The van der Waals surface area contributed by atoms with Crippen LogP contribution in [-0.2, 0) is 28.6 Å². The summed E-state index contributed by atoms with van der Waals surface area (Å²) >= 11 is 0. The quantitative estimate of drug-likeness (QED) is 0.0261. The molecule has 0 bridgehead atoms. The molecule has 454 valence electrons. The second-order valence-corrected chi connectivity index (χ2v) is 22.3. The SMILES string of the molecule is CC/C=C\C/C=C\C/C=C\C/C=C\C/C=C\C/C=C\CCCCCCCCCCC(=O)OCC(COC(=O)CCCCCCC/C=C\CCCCCC)OC(=O)CCCCCCCCCCC/C=C\CCCCCCCCCC. The fourth-order valence-electron chi connectivity index (χ4n) is 9.50. The van der Waals surface area contributed by atoms with E-state index in [2.05, 4.69) is 118 Å². The van der Waals surface area contributed by atoms with Gasteiger partial charge in [0.2, 0.25) is 0 Å². The number of unbranched alkanes of at least 4 members (excludes halogenated alkanes) is 34. The third-order valence-corrected chi connectivity index (χ3v) is 14.5. The summed E-state index contributed by atoms with van der Waals surface area (Å²) in [7, 11) is 0. The number of carbonyl (C=O) groups excluding carboxylic acids is 3. The zero-order valence-corrected chi connectivity index (χ0v) is 52.1. The van der Waals surface area contributed by atoms with Gasteiger partial charge in [-0.05, 0) is 122 Å². The Labute approximate surface area is 489 Å². The van der Waals surface area contributed by atoms with Gasteiger partial charge in [-0.2, -0.15) is 0 Å². The molecule has 0 fully saturated rings. The van der Waals surface area contributed by atoms with Crippen LogP contribution in [0.1, 0.15) is 329 Å². The van der Waals surface area contributed by atoms with Crippen molar-refractivity contribution in [3.63, 3.8) is 0 Å². The Bertz CT molecular complexity index is 1540. The van der Waals surface area contributed by atoms with Crippen molar-refractivity contribution in [3.05, 3.63) is 97.2 Å². The van der Waals surface area contributed by atoms with Crippen molar-refractivity contribution in [1.29, 1.82) is 0 Å². The van der Waals surface area contributed by atoms with Crippen LogP contribution in [0.25, 0.3) is 0 Å². The van der Waals surface area contributed by atoms with Crippen LogP contribution in [0.5, 0.6) is 0 Å². The van der Waals surface area contributed by atoms with E-state index in [0.717, 1.165) is 109 Å². The minimum Gasteiger partial charge on any atom is -0.462 e. The van der Waals surface area contributed by atoms with Crippen molar-refractivity contribution in [2.75, 3.05) is 13.2 Å². The van der Waals surface area contributed by atoms with Crippen molar-refractivity contribution in [2.24, 2.45) is 0 Å². The van der Waals surface area contributed by atoms with Gasteiger partial charge in [-0.3, -0.25) is 14.4 Å². The smallest absolute Gasteiger partial charge is 0.306 e. The molecule has 0 N–H and O–H groups in total. The standard InChI is InChI=1S/C73H126O6/c1-4-7-10-13-16-19-22-25-27-29-31-33-34-35-36-37-38-40-41-43-45-48-51-54-57-60-63-66-72(75)78-69-70(68-77-71(74)65-62-59-56-53-50-47-24-21-18-15-12-9-6-3)79-73(76)67-64-61-58-55-52-49-46-44-42-39-32-30-28-26-23-20-17-14-11-8-5-2/h7,10,16,19,21,24-25,27,30-33,35-36,38,40,70H,4-6,8-9,11-15,17-18,20,22-23,26,28-29,34,37,39,41-69H2,1-3H3/b10-7-,19-16-,24-21-,27-25-,32-30-,33-31-,36-35-,40-38-. The highest BCUT2D eigenvalue weighted by Crippen LogP contribution is 2.16. The predicted octanol–water partition coefficient (Wildman–Crippen LogP) is 23.2. The summed E-state index contributed by atoms with van der Waals surface area (Å²) in [6.45, 7) is 6.53. The molecule has 0 amide bonds. The number of ether oxygens (including phenoxy) is 3. The molecule has 6 nitrogen and oxygen atoms in total. The first kappa shape index (κ1) is 75.3. The Hall–Kier alpha value is -3.67. The first-order valence-electron chi connectivity index (χ1n) is 33.7. The number of carbonyl (C=O) groups is 3. The molecule has 6 heteroatoms. The highest BCUT2D eigenvalue weighted by Gasteiger charge is 2.19. The molecule has 79 heavy (non-hydrogen) atoms. The number of esters is 3. The van der Waals surface area contributed by atoms with Gasteiger partial charge < -0.3 is 14.2 Å². The van der Waals surface area contributed by atoms with Gasteiger partial charge in [0, 0.05) is 19.3 Å². The van der Waals surface area contributed by atoms with Crippen molar-refractivity contribution < 1.29 is 28.6 Å². The van der Waals surface area contributed by atoms with E-state index in [0.29, 0.717) is 19.3 Å². The highest BCUT2D eigenvalue weighted by atomic mass is 16.6. The molecule has 1 unspecified atom stereocenters. The molecule has 0 aliphatic carbocycles. The highest BCUT2D eigenvalue weighted by molar-refractivity contribution is 5.71. The first-order valence-corrected chi connectivity index (χ1v) is 33.7. The number of hydrogen-bond donors (Lipinski definition) is 0. The Kier molecular flexibility index (Phi) is 63.7. The Morgan fingerprint density at radius 2 is 0.494 bits per heavy atom. The molecule has 0 spiro atoms. The topological polar surface area (TPSA) is 78.9 Å². The van der Waals surface area contributed by atoms with E-state index in [4.69, 9.17) is 14.2 Å². The molecule has 0 aromatic rings. The maximum absolute atomic E-state index is 12.9. The molecule has 0 rings (SSSR count). The van der Waals surface area contributed by atoms with Crippen LogP contribution >= 0.6 is 0 Å². The molecule has 0 saturated carbocycles. The summed E-state index contributed by atoms with van der Waals surface area (Å²) in [6.07, 6.45) is 89.9. The monoisotopic (exact) mass is 1100 g/mol. The van der Waals surface area contributed by atoms with E-state index in [-0.39, 0.29) is 31.1 Å². The second-order valence-electron chi connectivity index (χ2n) is 22.3. The lowest BCUT2D eigenvalue weighted by molar-refractivity contribution is -0.167. The summed E-state index contributed by atoms with van der Waals surface area (Å²) in [5, 5.41) is 0. The third-order valence-electron chi connectivity index (χ3n) is 14.5. The number of hydrogen-bond acceptors (Lipinski definition) is 6. The van der Waals surface area contributed by atoms with Gasteiger partial charge in [0.1, 0.15) is 13.2 Å². The molecule has 0 aromatic carbocycles.